The molecule has 154 valence electrons. The Morgan fingerprint density at radius 3 is 2.83 bits per heavy atom. The largest absolute Gasteiger partial charge is 0.489 e. The molecule has 0 aromatic heterocycles. The lowest BCUT2D eigenvalue weighted by Gasteiger charge is -2.15. The first-order chi connectivity index (χ1) is 14.2. The molecule has 1 heterocycles. The van der Waals surface area contributed by atoms with Gasteiger partial charge in [0.15, 0.2) is 0 Å². The highest BCUT2D eigenvalue weighted by atomic mass is 16.5. The number of carbonyl (C=O) groups is 2. The third kappa shape index (κ3) is 6.22. The molecule has 3 N–H and O–H groups in total. The summed E-state index contributed by atoms with van der Waals surface area (Å²) in [7, 11) is 0. The molecule has 2 aromatic carbocycles. The summed E-state index contributed by atoms with van der Waals surface area (Å²) in [5, 5.41) is 8.67. The van der Waals surface area contributed by atoms with E-state index in [-0.39, 0.29) is 24.5 Å². The minimum atomic E-state index is -0.207. The smallest absolute Gasteiger partial charge is 0.251 e. The van der Waals surface area contributed by atoms with Crippen LogP contribution in [0, 0.1) is 0 Å². The Morgan fingerprint density at radius 1 is 1.17 bits per heavy atom. The van der Waals surface area contributed by atoms with Crippen molar-refractivity contribution in [1.29, 1.82) is 0 Å². The van der Waals surface area contributed by atoms with E-state index in [1.54, 1.807) is 24.3 Å². The van der Waals surface area contributed by atoms with E-state index in [4.69, 9.17) is 9.47 Å². The number of benzene rings is 2. The number of carbonyl (C=O) groups excluding carboxylic acids is 2. The molecule has 29 heavy (non-hydrogen) atoms. The molecule has 7 heteroatoms. The fourth-order valence-corrected chi connectivity index (χ4v) is 3.06. The summed E-state index contributed by atoms with van der Waals surface area (Å²) in [6, 6.07) is 14.4. The third-order valence-electron chi connectivity index (χ3n) is 4.53. The molecule has 1 saturated heterocycles. The average Bonchev–Trinajstić information content (AvgIpc) is 3.26. The van der Waals surface area contributed by atoms with Crippen LogP contribution in [0.3, 0.4) is 0 Å². The zero-order valence-corrected chi connectivity index (χ0v) is 16.6. The van der Waals surface area contributed by atoms with Gasteiger partial charge in [-0.05, 0) is 50.1 Å². The number of ether oxygens (including phenoxy) is 2. The minimum absolute atomic E-state index is 0.0684. The molecule has 7 nitrogen and oxygen atoms in total. The summed E-state index contributed by atoms with van der Waals surface area (Å²) < 4.78 is 11.4. The van der Waals surface area contributed by atoms with E-state index in [2.05, 4.69) is 16.0 Å². The van der Waals surface area contributed by atoms with Crippen LogP contribution in [0.5, 0.6) is 5.75 Å². The minimum Gasteiger partial charge on any atom is -0.489 e. The van der Waals surface area contributed by atoms with Crippen LogP contribution in [0.4, 0.5) is 11.4 Å². The molecule has 0 bridgehead atoms. The average molecular weight is 397 g/mol. The molecule has 0 aliphatic carbocycles. The quantitative estimate of drug-likeness (QED) is 0.605. The van der Waals surface area contributed by atoms with Crippen LogP contribution in [0.25, 0.3) is 0 Å². The summed E-state index contributed by atoms with van der Waals surface area (Å²) >= 11 is 0. The summed E-state index contributed by atoms with van der Waals surface area (Å²) in [6.07, 6.45) is 2.16. The van der Waals surface area contributed by atoms with E-state index in [9.17, 15) is 9.59 Å². The second-order valence-corrected chi connectivity index (χ2v) is 6.78. The van der Waals surface area contributed by atoms with Crippen molar-refractivity contribution in [2.75, 3.05) is 36.9 Å². The van der Waals surface area contributed by atoms with Crippen LogP contribution < -0.4 is 20.7 Å². The lowest BCUT2D eigenvalue weighted by atomic mass is 10.2. The summed E-state index contributed by atoms with van der Waals surface area (Å²) in [4.78, 5) is 24.3. The maximum absolute atomic E-state index is 12.4. The molecule has 0 spiro atoms. The monoisotopic (exact) mass is 397 g/mol. The summed E-state index contributed by atoms with van der Waals surface area (Å²) in [6.45, 7) is 3.75. The van der Waals surface area contributed by atoms with Gasteiger partial charge in [-0.1, -0.05) is 18.2 Å². The Labute approximate surface area is 170 Å². The van der Waals surface area contributed by atoms with Gasteiger partial charge in [0.25, 0.3) is 5.91 Å². The van der Waals surface area contributed by atoms with Gasteiger partial charge in [-0.3, -0.25) is 9.59 Å². The molecule has 1 fully saturated rings. The van der Waals surface area contributed by atoms with E-state index >= 15 is 0 Å². The number of rotatable bonds is 9. The Hall–Kier alpha value is -3.06. The molecule has 0 saturated carbocycles. The highest BCUT2D eigenvalue weighted by Gasteiger charge is 2.17. The van der Waals surface area contributed by atoms with E-state index in [0.717, 1.165) is 19.4 Å². The zero-order valence-electron chi connectivity index (χ0n) is 16.6. The van der Waals surface area contributed by atoms with Gasteiger partial charge in [0.2, 0.25) is 5.91 Å². The summed E-state index contributed by atoms with van der Waals surface area (Å²) in [5.41, 5.74) is 1.87. The predicted molar refractivity (Wildman–Crippen MR) is 112 cm³/mol. The second kappa shape index (κ2) is 10.5. The van der Waals surface area contributed by atoms with Crippen molar-refractivity contribution in [2.24, 2.45) is 0 Å². The molecule has 3 rings (SSSR count). The number of anilines is 2. The van der Waals surface area contributed by atoms with Crippen LogP contribution in [0.2, 0.25) is 0 Å². The molecule has 1 aliphatic heterocycles. The molecule has 0 radical (unpaired) electrons. The maximum atomic E-state index is 12.4. The predicted octanol–water partition coefficient (Wildman–Crippen LogP) is 3.04. The van der Waals surface area contributed by atoms with Crippen LogP contribution in [-0.2, 0) is 9.53 Å². The van der Waals surface area contributed by atoms with Gasteiger partial charge in [0.1, 0.15) is 12.4 Å². The van der Waals surface area contributed by atoms with Crippen molar-refractivity contribution in [3.8, 4) is 5.75 Å². The first-order valence-electron chi connectivity index (χ1n) is 9.91. The SMILES string of the molecule is CCNC(=O)c1cccc(NCC(=O)Nc2ccccc2OCC2CCCO2)c1. The van der Waals surface area contributed by atoms with Gasteiger partial charge in [0, 0.05) is 24.4 Å². The Balaban J connectivity index is 1.53. The third-order valence-corrected chi connectivity index (χ3v) is 4.53. The maximum Gasteiger partial charge on any atom is 0.251 e. The number of nitrogens with one attached hydrogen (secondary N) is 3. The number of hydrogen-bond acceptors (Lipinski definition) is 5. The van der Waals surface area contributed by atoms with Crippen molar-refractivity contribution < 1.29 is 19.1 Å². The fraction of sp³-hybridized carbons (Fsp3) is 0.364. The van der Waals surface area contributed by atoms with Gasteiger partial charge in [0.05, 0.1) is 18.3 Å². The van der Waals surface area contributed by atoms with Crippen molar-refractivity contribution >= 4 is 23.2 Å². The first kappa shape index (κ1) is 20.7. The van der Waals surface area contributed by atoms with Gasteiger partial charge >= 0.3 is 0 Å². The lowest BCUT2D eigenvalue weighted by molar-refractivity contribution is -0.114. The van der Waals surface area contributed by atoms with Crippen LogP contribution in [0.1, 0.15) is 30.1 Å². The van der Waals surface area contributed by atoms with Gasteiger partial charge in [-0.25, -0.2) is 0 Å². The number of amides is 2. The highest BCUT2D eigenvalue weighted by molar-refractivity contribution is 5.96. The Kier molecular flexibility index (Phi) is 7.47. The van der Waals surface area contributed by atoms with Crippen molar-refractivity contribution in [2.45, 2.75) is 25.9 Å². The highest BCUT2D eigenvalue weighted by Crippen LogP contribution is 2.25. The fourth-order valence-electron chi connectivity index (χ4n) is 3.06. The Bertz CT molecular complexity index is 834. The standard InChI is InChI=1S/C22H27N3O4/c1-2-23-22(27)16-7-5-8-17(13-16)24-14-21(26)25-19-10-3-4-11-20(19)29-15-18-9-6-12-28-18/h3-5,7-8,10-11,13,18,24H,2,6,9,12,14-15H2,1H3,(H,23,27)(H,25,26). The van der Waals surface area contributed by atoms with Crippen LogP contribution in [0.15, 0.2) is 48.5 Å². The molecule has 2 amide bonds. The molecule has 1 unspecified atom stereocenters. The van der Waals surface area contributed by atoms with Gasteiger partial charge in [-0.2, -0.15) is 0 Å². The lowest BCUT2D eigenvalue weighted by Crippen LogP contribution is -2.24. The number of hydrogen-bond donors (Lipinski definition) is 3. The number of para-hydroxylation sites is 2. The second-order valence-electron chi connectivity index (χ2n) is 6.78. The van der Waals surface area contributed by atoms with E-state index in [0.29, 0.717) is 35.8 Å². The van der Waals surface area contributed by atoms with Crippen molar-refractivity contribution in [3.05, 3.63) is 54.1 Å². The molecule has 1 atom stereocenters. The van der Waals surface area contributed by atoms with Gasteiger partial charge in [-0.15, -0.1) is 0 Å². The molecule has 2 aromatic rings. The summed E-state index contributed by atoms with van der Waals surface area (Å²) in [5.74, 6) is 0.272. The van der Waals surface area contributed by atoms with E-state index < -0.39 is 0 Å². The zero-order chi connectivity index (χ0) is 20.5. The van der Waals surface area contributed by atoms with Crippen molar-refractivity contribution in [3.63, 3.8) is 0 Å². The van der Waals surface area contributed by atoms with E-state index in [1.807, 2.05) is 31.2 Å². The normalized spacial score (nSPS) is 15.6. The topological polar surface area (TPSA) is 88.7 Å². The molecule has 1 aliphatic rings. The van der Waals surface area contributed by atoms with E-state index in [1.165, 1.54) is 0 Å². The first-order valence-corrected chi connectivity index (χ1v) is 9.91. The van der Waals surface area contributed by atoms with Crippen molar-refractivity contribution in [1.82, 2.24) is 5.32 Å². The Morgan fingerprint density at radius 2 is 2.03 bits per heavy atom. The molecular weight excluding hydrogens is 370 g/mol. The van der Waals surface area contributed by atoms with Crippen LogP contribution in [-0.4, -0.2) is 44.2 Å². The van der Waals surface area contributed by atoms with Gasteiger partial charge < -0.3 is 25.4 Å². The molecular formula is C22H27N3O4. The van der Waals surface area contributed by atoms with Crippen LogP contribution >= 0.6 is 0 Å².